The van der Waals surface area contributed by atoms with E-state index in [2.05, 4.69) is 26.8 Å². The van der Waals surface area contributed by atoms with E-state index in [-0.39, 0.29) is 11.8 Å². The van der Waals surface area contributed by atoms with Crippen molar-refractivity contribution in [2.75, 3.05) is 0 Å². The van der Waals surface area contributed by atoms with Crippen LogP contribution >= 0.6 is 0 Å². The first kappa shape index (κ1) is 11.5. The van der Waals surface area contributed by atoms with Crippen LogP contribution in [0.4, 0.5) is 0 Å². The van der Waals surface area contributed by atoms with Gasteiger partial charge in [0.2, 0.25) is 0 Å². The lowest BCUT2D eigenvalue weighted by molar-refractivity contribution is -0.330. The molecule has 1 rings (SSSR count). The molecular weight excluding hydrogens is 176 g/mol. The van der Waals surface area contributed by atoms with Crippen LogP contribution in [0.15, 0.2) is 24.3 Å². The highest BCUT2D eigenvalue weighted by molar-refractivity contribution is 5.22. The zero-order chi connectivity index (χ0) is 10.6. The molecular formula is C12H20O2. The van der Waals surface area contributed by atoms with Gasteiger partial charge in [0.05, 0.1) is 0 Å². The fraction of sp³-hybridized carbons (Fsp3) is 0.667. The minimum Gasteiger partial charge on any atom is -0.251 e. The van der Waals surface area contributed by atoms with Crippen LogP contribution in [0.1, 0.15) is 33.6 Å². The number of hydrogen-bond acceptors (Lipinski definition) is 2. The Bertz CT molecular complexity index is 230. The third-order valence-corrected chi connectivity index (χ3v) is 3.05. The van der Waals surface area contributed by atoms with Gasteiger partial charge in [0.15, 0.2) is 0 Å². The van der Waals surface area contributed by atoms with E-state index < -0.39 is 5.60 Å². The van der Waals surface area contributed by atoms with Crippen molar-refractivity contribution in [1.29, 1.82) is 0 Å². The normalized spacial score (nSPS) is 31.4. The molecule has 2 unspecified atom stereocenters. The van der Waals surface area contributed by atoms with Crippen molar-refractivity contribution in [3.8, 4) is 0 Å². The summed E-state index contributed by atoms with van der Waals surface area (Å²) in [5.41, 5.74) is -0.523. The lowest BCUT2D eigenvalue weighted by Crippen LogP contribution is -2.43. The van der Waals surface area contributed by atoms with E-state index in [1.807, 2.05) is 18.2 Å². The fourth-order valence-electron chi connectivity index (χ4n) is 2.14. The summed E-state index contributed by atoms with van der Waals surface area (Å²) in [5, 5.41) is 9.12. The number of allylic oxidation sites excluding steroid dienone is 2. The van der Waals surface area contributed by atoms with E-state index in [1.165, 1.54) is 0 Å². The van der Waals surface area contributed by atoms with Gasteiger partial charge in [0.25, 0.3) is 0 Å². The van der Waals surface area contributed by atoms with Gasteiger partial charge >= 0.3 is 0 Å². The smallest absolute Gasteiger partial charge is 0.130 e. The summed E-state index contributed by atoms with van der Waals surface area (Å²) < 4.78 is 0. The van der Waals surface area contributed by atoms with Gasteiger partial charge in [0, 0.05) is 5.92 Å². The van der Waals surface area contributed by atoms with Crippen molar-refractivity contribution < 1.29 is 10.1 Å². The summed E-state index contributed by atoms with van der Waals surface area (Å²) in [6.45, 7) is 6.29. The molecule has 1 aliphatic carbocycles. The Morgan fingerprint density at radius 2 is 2.14 bits per heavy atom. The van der Waals surface area contributed by atoms with Crippen LogP contribution in [0, 0.1) is 11.8 Å². The van der Waals surface area contributed by atoms with Crippen LogP contribution in [-0.2, 0) is 4.89 Å². The van der Waals surface area contributed by atoms with Crippen molar-refractivity contribution in [3.05, 3.63) is 24.3 Å². The summed E-state index contributed by atoms with van der Waals surface area (Å²) in [7, 11) is 0. The Labute approximate surface area is 86.2 Å². The molecule has 0 bridgehead atoms. The van der Waals surface area contributed by atoms with Gasteiger partial charge in [-0.05, 0) is 18.4 Å². The molecule has 0 saturated carbocycles. The van der Waals surface area contributed by atoms with Crippen molar-refractivity contribution in [1.82, 2.24) is 0 Å². The minimum atomic E-state index is -0.523. The van der Waals surface area contributed by atoms with E-state index in [4.69, 9.17) is 10.1 Å². The SMILES string of the molecule is CCCC1C=CC=CC1(OO)C(C)C. The van der Waals surface area contributed by atoms with E-state index in [0.717, 1.165) is 12.8 Å². The second-order valence-corrected chi connectivity index (χ2v) is 4.24. The van der Waals surface area contributed by atoms with Crippen molar-refractivity contribution in [2.24, 2.45) is 11.8 Å². The van der Waals surface area contributed by atoms with Crippen LogP contribution < -0.4 is 0 Å². The highest BCUT2D eigenvalue weighted by Crippen LogP contribution is 2.37. The summed E-state index contributed by atoms with van der Waals surface area (Å²) in [5.74, 6) is 0.549. The molecule has 2 nitrogen and oxygen atoms in total. The molecule has 1 aliphatic rings. The first-order valence-corrected chi connectivity index (χ1v) is 5.36. The van der Waals surface area contributed by atoms with Gasteiger partial charge < -0.3 is 0 Å². The second kappa shape index (κ2) is 4.76. The van der Waals surface area contributed by atoms with E-state index in [0.29, 0.717) is 0 Å². The average Bonchev–Trinajstić information content (AvgIpc) is 2.19. The van der Waals surface area contributed by atoms with Crippen LogP contribution in [-0.4, -0.2) is 10.9 Å². The van der Waals surface area contributed by atoms with Crippen molar-refractivity contribution in [3.63, 3.8) is 0 Å². The quantitative estimate of drug-likeness (QED) is 0.551. The van der Waals surface area contributed by atoms with E-state index in [9.17, 15) is 0 Å². The molecule has 1 N–H and O–H groups in total. The highest BCUT2D eigenvalue weighted by atomic mass is 17.1. The Kier molecular flexibility index (Phi) is 3.90. The van der Waals surface area contributed by atoms with Crippen molar-refractivity contribution >= 4 is 0 Å². The molecule has 0 saturated heterocycles. The molecule has 0 aromatic rings. The molecule has 0 fully saturated rings. The standard InChI is InChI=1S/C12H20O2/c1-4-7-11-8-5-6-9-12(11,14-13)10(2)3/h5-6,8-11,13H,4,7H2,1-3H3. The maximum absolute atomic E-state index is 9.12. The molecule has 0 aromatic carbocycles. The Morgan fingerprint density at radius 3 is 2.64 bits per heavy atom. The van der Waals surface area contributed by atoms with Gasteiger partial charge in [0.1, 0.15) is 5.60 Å². The van der Waals surface area contributed by atoms with Gasteiger partial charge in [-0.25, -0.2) is 4.89 Å². The van der Waals surface area contributed by atoms with E-state index in [1.54, 1.807) is 0 Å². The molecule has 14 heavy (non-hydrogen) atoms. The molecule has 0 aromatic heterocycles. The molecule has 0 radical (unpaired) electrons. The third kappa shape index (κ3) is 1.91. The fourth-order valence-corrected chi connectivity index (χ4v) is 2.14. The summed E-state index contributed by atoms with van der Waals surface area (Å²) in [6, 6.07) is 0. The molecule has 2 heteroatoms. The summed E-state index contributed by atoms with van der Waals surface area (Å²) in [6.07, 6.45) is 10.2. The Balaban J connectivity index is 2.90. The highest BCUT2D eigenvalue weighted by Gasteiger charge is 2.40. The van der Waals surface area contributed by atoms with Crippen LogP contribution in [0.2, 0.25) is 0 Å². The molecule has 0 spiro atoms. The molecule has 2 atom stereocenters. The van der Waals surface area contributed by atoms with Crippen LogP contribution in [0.3, 0.4) is 0 Å². The lowest BCUT2D eigenvalue weighted by atomic mass is 9.74. The first-order valence-electron chi connectivity index (χ1n) is 5.36. The average molecular weight is 196 g/mol. The van der Waals surface area contributed by atoms with Crippen LogP contribution in [0.25, 0.3) is 0 Å². The Hall–Kier alpha value is -0.600. The summed E-state index contributed by atoms with van der Waals surface area (Å²) >= 11 is 0. The zero-order valence-corrected chi connectivity index (χ0v) is 9.23. The van der Waals surface area contributed by atoms with Gasteiger partial charge in [-0.3, -0.25) is 5.26 Å². The summed E-state index contributed by atoms with van der Waals surface area (Å²) in [4.78, 5) is 4.77. The lowest BCUT2D eigenvalue weighted by Gasteiger charge is -2.38. The van der Waals surface area contributed by atoms with Crippen LogP contribution in [0.5, 0.6) is 0 Å². The monoisotopic (exact) mass is 196 g/mol. The van der Waals surface area contributed by atoms with E-state index >= 15 is 0 Å². The van der Waals surface area contributed by atoms with Gasteiger partial charge in [-0.15, -0.1) is 0 Å². The first-order chi connectivity index (χ1) is 6.67. The predicted molar refractivity (Wildman–Crippen MR) is 58.0 cm³/mol. The molecule has 0 amide bonds. The zero-order valence-electron chi connectivity index (χ0n) is 9.23. The molecule has 0 heterocycles. The van der Waals surface area contributed by atoms with Gasteiger partial charge in [-0.2, -0.15) is 0 Å². The predicted octanol–water partition coefficient (Wildman–Crippen LogP) is 3.41. The molecule has 80 valence electrons. The number of hydrogen-bond donors (Lipinski definition) is 1. The maximum Gasteiger partial charge on any atom is 0.130 e. The maximum atomic E-state index is 9.12. The molecule has 0 aliphatic heterocycles. The van der Waals surface area contributed by atoms with Gasteiger partial charge in [-0.1, -0.05) is 45.4 Å². The third-order valence-electron chi connectivity index (χ3n) is 3.05. The largest absolute Gasteiger partial charge is 0.251 e. The topological polar surface area (TPSA) is 29.5 Å². The van der Waals surface area contributed by atoms with Crippen molar-refractivity contribution in [2.45, 2.75) is 39.2 Å². The number of rotatable bonds is 4. The Morgan fingerprint density at radius 1 is 1.43 bits per heavy atom. The second-order valence-electron chi connectivity index (χ2n) is 4.24. The minimum absolute atomic E-state index is 0.269.